The average Bonchev–Trinajstić information content (AvgIpc) is 2.55. The monoisotopic (exact) mass is 319 g/mol. The molecule has 2 nitrogen and oxygen atoms in total. The Morgan fingerprint density at radius 1 is 0.913 bits per heavy atom. The second-order valence-corrected chi connectivity index (χ2v) is 7.06. The molecule has 0 aliphatic heterocycles. The number of rotatable bonds is 11. The van der Waals surface area contributed by atoms with Crippen LogP contribution in [0.4, 0.5) is 0 Å². The van der Waals surface area contributed by atoms with Gasteiger partial charge in [0.2, 0.25) is 0 Å². The Balaban J connectivity index is 2.74. The van der Waals surface area contributed by atoms with Gasteiger partial charge in [-0.1, -0.05) is 57.9 Å². The van der Waals surface area contributed by atoms with Gasteiger partial charge in [-0.15, -0.1) is 0 Å². The van der Waals surface area contributed by atoms with Crippen molar-refractivity contribution < 1.29 is 5.11 Å². The first-order valence-corrected chi connectivity index (χ1v) is 9.47. The summed E-state index contributed by atoms with van der Waals surface area (Å²) in [5.74, 6) is 0.641. The van der Waals surface area contributed by atoms with Crippen molar-refractivity contribution in [2.24, 2.45) is 0 Å². The van der Waals surface area contributed by atoms with E-state index in [0.717, 1.165) is 24.8 Å². The van der Waals surface area contributed by atoms with Crippen molar-refractivity contribution in [2.45, 2.75) is 83.8 Å². The average molecular weight is 320 g/mol. The second kappa shape index (κ2) is 10.8. The van der Waals surface area contributed by atoms with Crippen LogP contribution in [0.2, 0.25) is 0 Å². The Morgan fingerprint density at radius 2 is 1.52 bits per heavy atom. The van der Waals surface area contributed by atoms with Crippen molar-refractivity contribution in [3.05, 3.63) is 35.4 Å². The molecule has 0 saturated heterocycles. The number of hydrogen-bond acceptors (Lipinski definition) is 2. The molecular weight excluding hydrogens is 282 g/mol. The fraction of sp³-hybridized carbons (Fsp3) is 0.714. The predicted molar refractivity (Wildman–Crippen MR) is 101 cm³/mol. The number of benzene rings is 1. The molecule has 132 valence electrons. The van der Waals surface area contributed by atoms with Crippen LogP contribution in [0.1, 0.15) is 88.9 Å². The third-order valence-corrected chi connectivity index (χ3v) is 5.02. The Labute approximate surface area is 143 Å². The molecule has 23 heavy (non-hydrogen) atoms. The van der Waals surface area contributed by atoms with Crippen LogP contribution >= 0.6 is 0 Å². The second-order valence-electron chi connectivity index (χ2n) is 7.06. The van der Waals surface area contributed by atoms with Crippen molar-refractivity contribution in [2.75, 3.05) is 14.1 Å². The Kier molecular flexibility index (Phi) is 9.50. The van der Waals surface area contributed by atoms with Crippen LogP contribution in [0.3, 0.4) is 0 Å². The maximum atomic E-state index is 10.6. The topological polar surface area (TPSA) is 23.5 Å². The lowest BCUT2D eigenvalue weighted by Gasteiger charge is -2.24. The molecule has 0 fully saturated rings. The largest absolute Gasteiger partial charge is 0.388 e. The number of aliphatic hydroxyl groups excluding tert-OH is 1. The Hall–Kier alpha value is -0.860. The number of hydrogen-bond donors (Lipinski definition) is 1. The van der Waals surface area contributed by atoms with Crippen LogP contribution < -0.4 is 0 Å². The minimum absolute atomic E-state index is 0.340. The van der Waals surface area contributed by atoms with E-state index in [-0.39, 0.29) is 6.10 Å². The van der Waals surface area contributed by atoms with E-state index in [0.29, 0.717) is 12.0 Å². The fourth-order valence-electron chi connectivity index (χ4n) is 3.54. The van der Waals surface area contributed by atoms with Crippen LogP contribution in [0, 0.1) is 0 Å². The molecule has 0 bridgehead atoms. The van der Waals surface area contributed by atoms with Gasteiger partial charge in [0.1, 0.15) is 0 Å². The van der Waals surface area contributed by atoms with Crippen molar-refractivity contribution in [3.63, 3.8) is 0 Å². The Bertz CT molecular complexity index is 424. The van der Waals surface area contributed by atoms with Gasteiger partial charge >= 0.3 is 0 Å². The molecule has 1 N–H and O–H groups in total. The van der Waals surface area contributed by atoms with Crippen molar-refractivity contribution in [3.8, 4) is 0 Å². The first-order valence-electron chi connectivity index (χ1n) is 9.47. The quantitative estimate of drug-likeness (QED) is 0.580. The summed E-state index contributed by atoms with van der Waals surface area (Å²) in [6.45, 7) is 6.73. The van der Waals surface area contributed by atoms with Crippen molar-refractivity contribution in [1.82, 2.24) is 4.90 Å². The summed E-state index contributed by atoms with van der Waals surface area (Å²) in [6.07, 6.45) is 7.60. The van der Waals surface area contributed by atoms with E-state index in [4.69, 9.17) is 0 Å². The minimum atomic E-state index is -0.340. The first kappa shape index (κ1) is 20.2. The standard InChI is InChI=1S/C21H37NO/c1-6-10-17(11-7-2)18-12-9-13-19(16-18)21(23)15-14-20(8-3)22(4)5/h9,12-13,16-17,20-21,23H,6-8,10-11,14-15H2,1-5H3. The van der Waals surface area contributed by atoms with E-state index in [1.807, 2.05) is 0 Å². The molecule has 0 radical (unpaired) electrons. The molecule has 0 saturated carbocycles. The lowest BCUT2D eigenvalue weighted by atomic mass is 9.88. The molecule has 1 aromatic rings. The third-order valence-electron chi connectivity index (χ3n) is 5.02. The summed E-state index contributed by atoms with van der Waals surface area (Å²) in [7, 11) is 4.25. The normalized spacial score (nSPS) is 14.4. The number of aliphatic hydroxyl groups is 1. The molecule has 0 amide bonds. The highest BCUT2D eigenvalue weighted by Gasteiger charge is 2.16. The SMILES string of the molecule is CCCC(CCC)c1cccc(C(O)CCC(CC)N(C)C)c1. The van der Waals surface area contributed by atoms with Gasteiger partial charge in [-0.2, -0.15) is 0 Å². The summed E-state index contributed by atoms with van der Waals surface area (Å²) in [5, 5.41) is 10.6. The van der Waals surface area contributed by atoms with Crippen LogP contribution in [-0.2, 0) is 0 Å². The van der Waals surface area contributed by atoms with Gasteiger partial charge in [-0.25, -0.2) is 0 Å². The van der Waals surface area contributed by atoms with Crippen molar-refractivity contribution in [1.29, 1.82) is 0 Å². The molecule has 1 aromatic carbocycles. The molecule has 2 heteroatoms. The first-order chi connectivity index (χ1) is 11.0. The highest BCUT2D eigenvalue weighted by Crippen LogP contribution is 2.29. The lowest BCUT2D eigenvalue weighted by Crippen LogP contribution is -2.27. The molecule has 0 aromatic heterocycles. The van der Waals surface area contributed by atoms with E-state index in [1.54, 1.807) is 0 Å². The highest BCUT2D eigenvalue weighted by atomic mass is 16.3. The van der Waals surface area contributed by atoms with E-state index in [1.165, 1.54) is 31.2 Å². The van der Waals surface area contributed by atoms with Gasteiger partial charge in [0.15, 0.2) is 0 Å². The zero-order valence-corrected chi connectivity index (χ0v) is 15.9. The van der Waals surface area contributed by atoms with Gasteiger partial charge in [0.25, 0.3) is 0 Å². The van der Waals surface area contributed by atoms with Gasteiger partial charge in [-0.3, -0.25) is 0 Å². The molecular formula is C21H37NO. The molecule has 0 aliphatic rings. The van der Waals surface area contributed by atoms with Gasteiger partial charge < -0.3 is 10.0 Å². The summed E-state index contributed by atoms with van der Waals surface area (Å²) < 4.78 is 0. The Morgan fingerprint density at radius 3 is 2.04 bits per heavy atom. The molecule has 1 rings (SSSR count). The molecule has 2 unspecified atom stereocenters. The van der Waals surface area contributed by atoms with E-state index in [9.17, 15) is 5.11 Å². The molecule has 0 heterocycles. The minimum Gasteiger partial charge on any atom is -0.388 e. The summed E-state index contributed by atoms with van der Waals surface area (Å²) in [4.78, 5) is 2.27. The van der Waals surface area contributed by atoms with Crippen LogP contribution in [0.15, 0.2) is 24.3 Å². The predicted octanol–water partition coefficient (Wildman–Crippen LogP) is 5.52. The maximum absolute atomic E-state index is 10.6. The summed E-state index contributed by atoms with van der Waals surface area (Å²) in [6, 6.07) is 9.24. The fourth-order valence-corrected chi connectivity index (χ4v) is 3.54. The smallest absolute Gasteiger partial charge is 0.0790 e. The summed E-state index contributed by atoms with van der Waals surface area (Å²) in [5.41, 5.74) is 2.50. The van der Waals surface area contributed by atoms with Crippen LogP contribution in [0.25, 0.3) is 0 Å². The van der Waals surface area contributed by atoms with E-state index in [2.05, 4.69) is 64.0 Å². The highest BCUT2D eigenvalue weighted by molar-refractivity contribution is 5.28. The van der Waals surface area contributed by atoms with Gasteiger partial charge in [-0.05, 0) is 63.2 Å². The zero-order valence-electron chi connectivity index (χ0n) is 15.9. The van der Waals surface area contributed by atoms with Crippen LogP contribution in [0.5, 0.6) is 0 Å². The van der Waals surface area contributed by atoms with Gasteiger partial charge in [0, 0.05) is 6.04 Å². The van der Waals surface area contributed by atoms with E-state index < -0.39 is 0 Å². The van der Waals surface area contributed by atoms with Gasteiger partial charge in [0.05, 0.1) is 6.10 Å². The number of nitrogens with zero attached hydrogens (tertiary/aromatic N) is 1. The lowest BCUT2D eigenvalue weighted by molar-refractivity contribution is 0.146. The molecule has 0 spiro atoms. The van der Waals surface area contributed by atoms with Crippen molar-refractivity contribution >= 4 is 0 Å². The van der Waals surface area contributed by atoms with Crippen LogP contribution in [-0.4, -0.2) is 30.1 Å². The molecule has 0 aliphatic carbocycles. The zero-order chi connectivity index (χ0) is 17.2. The molecule has 2 atom stereocenters. The third kappa shape index (κ3) is 6.64. The maximum Gasteiger partial charge on any atom is 0.0790 e. The summed E-state index contributed by atoms with van der Waals surface area (Å²) >= 11 is 0. The van der Waals surface area contributed by atoms with E-state index >= 15 is 0 Å².